The van der Waals surface area contributed by atoms with Crippen LogP contribution < -0.4 is 0 Å². The maximum Gasteiger partial charge on any atom is 0.165 e. The SMILES string of the molecule is N#CC(C#N)=Cc1cccc(F)c1O. The van der Waals surface area contributed by atoms with Gasteiger partial charge in [-0.2, -0.15) is 10.5 Å². The van der Waals surface area contributed by atoms with Crippen LogP contribution in [-0.2, 0) is 0 Å². The summed E-state index contributed by atoms with van der Waals surface area (Å²) in [5.74, 6) is -1.34. The lowest BCUT2D eigenvalue weighted by molar-refractivity contribution is 0.431. The van der Waals surface area contributed by atoms with Crippen LogP contribution in [0.1, 0.15) is 5.56 Å². The van der Waals surface area contributed by atoms with Crippen LogP contribution in [0, 0.1) is 28.5 Å². The third-order valence-corrected chi connectivity index (χ3v) is 1.56. The van der Waals surface area contributed by atoms with Crippen molar-refractivity contribution in [2.75, 3.05) is 0 Å². The summed E-state index contributed by atoms with van der Waals surface area (Å²) in [6, 6.07) is 7.11. The van der Waals surface area contributed by atoms with Crippen LogP contribution in [0.25, 0.3) is 6.08 Å². The Morgan fingerprint density at radius 2 is 2.00 bits per heavy atom. The molecule has 0 radical (unpaired) electrons. The van der Waals surface area contributed by atoms with Gasteiger partial charge < -0.3 is 5.11 Å². The summed E-state index contributed by atoms with van der Waals surface area (Å²) in [5.41, 5.74) is -0.0750. The lowest BCUT2D eigenvalue weighted by Crippen LogP contribution is -1.81. The molecule has 1 aromatic rings. The molecular weight excluding hydrogens is 183 g/mol. The van der Waals surface area contributed by atoms with Gasteiger partial charge in [-0.15, -0.1) is 0 Å². The number of phenolic OH excluding ortho intramolecular Hbond substituents is 1. The largest absolute Gasteiger partial charge is 0.504 e. The lowest BCUT2D eigenvalue weighted by atomic mass is 10.1. The number of nitriles is 2. The van der Waals surface area contributed by atoms with Crippen LogP contribution in [0.15, 0.2) is 23.8 Å². The van der Waals surface area contributed by atoms with Gasteiger partial charge in [-0.3, -0.25) is 0 Å². The van der Waals surface area contributed by atoms with E-state index in [1.807, 2.05) is 0 Å². The second kappa shape index (κ2) is 4.06. The summed E-state index contributed by atoms with van der Waals surface area (Å²) >= 11 is 0. The van der Waals surface area contributed by atoms with E-state index >= 15 is 0 Å². The Hall–Kier alpha value is -2.33. The van der Waals surface area contributed by atoms with Gasteiger partial charge in [0.05, 0.1) is 0 Å². The zero-order valence-electron chi connectivity index (χ0n) is 7.03. The quantitative estimate of drug-likeness (QED) is 0.685. The average molecular weight is 188 g/mol. The molecule has 68 valence electrons. The van der Waals surface area contributed by atoms with Gasteiger partial charge in [-0.1, -0.05) is 12.1 Å². The summed E-state index contributed by atoms with van der Waals surface area (Å²) in [6.45, 7) is 0. The van der Waals surface area contributed by atoms with E-state index in [-0.39, 0.29) is 11.1 Å². The predicted octanol–water partition coefficient (Wildman–Crippen LogP) is 1.96. The molecule has 0 aliphatic carbocycles. The van der Waals surface area contributed by atoms with Crippen molar-refractivity contribution in [1.82, 2.24) is 0 Å². The number of hydrogen-bond acceptors (Lipinski definition) is 3. The molecule has 0 spiro atoms. The molecule has 4 heteroatoms. The zero-order chi connectivity index (χ0) is 10.6. The van der Waals surface area contributed by atoms with Crippen molar-refractivity contribution in [3.05, 3.63) is 35.2 Å². The number of halogens is 1. The Bertz CT molecular complexity index is 450. The fourth-order valence-corrected chi connectivity index (χ4v) is 0.894. The van der Waals surface area contributed by atoms with E-state index in [2.05, 4.69) is 0 Å². The minimum atomic E-state index is -0.783. The number of rotatable bonds is 1. The molecule has 0 bridgehead atoms. The van der Waals surface area contributed by atoms with Crippen molar-refractivity contribution in [3.63, 3.8) is 0 Å². The van der Waals surface area contributed by atoms with E-state index in [1.54, 1.807) is 12.1 Å². The van der Waals surface area contributed by atoms with Crippen molar-refractivity contribution in [1.29, 1.82) is 10.5 Å². The monoisotopic (exact) mass is 188 g/mol. The van der Waals surface area contributed by atoms with Crippen molar-refractivity contribution in [2.24, 2.45) is 0 Å². The highest BCUT2D eigenvalue weighted by molar-refractivity contribution is 5.66. The molecule has 0 aromatic heterocycles. The number of allylic oxidation sites excluding steroid dienone is 1. The highest BCUT2D eigenvalue weighted by Gasteiger charge is 2.04. The highest BCUT2D eigenvalue weighted by atomic mass is 19.1. The second-order valence-corrected chi connectivity index (χ2v) is 2.46. The second-order valence-electron chi connectivity index (χ2n) is 2.46. The van der Waals surface area contributed by atoms with E-state index in [0.29, 0.717) is 0 Å². The topological polar surface area (TPSA) is 67.8 Å². The number of nitrogens with zero attached hydrogens (tertiary/aromatic N) is 2. The van der Waals surface area contributed by atoms with Crippen LogP contribution in [-0.4, -0.2) is 5.11 Å². The van der Waals surface area contributed by atoms with Crippen molar-refractivity contribution in [2.45, 2.75) is 0 Å². The third kappa shape index (κ3) is 1.88. The maximum atomic E-state index is 12.8. The molecule has 0 atom stereocenters. The average Bonchev–Trinajstić information content (AvgIpc) is 2.20. The molecule has 0 saturated carbocycles. The third-order valence-electron chi connectivity index (χ3n) is 1.56. The first-order valence-corrected chi connectivity index (χ1v) is 3.68. The van der Waals surface area contributed by atoms with Gasteiger partial charge in [-0.25, -0.2) is 4.39 Å². The van der Waals surface area contributed by atoms with Crippen LogP contribution in [0.4, 0.5) is 4.39 Å². The van der Waals surface area contributed by atoms with Gasteiger partial charge >= 0.3 is 0 Å². The minimum Gasteiger partial charge on any atom is -0.504 e. The number of phenols is 1. The van der Waals surface area contributed by atoms with E-state index in [1.165, 1.54) is 12.1 Å². The van der Waals surface area contributed by atoms with Crippen LogP contribution in [0.3, 0.4) is 0 Å². The van der Waals surface area contributed by atoms with Crippen LogP contribution >= 0.6 is 0 Å². The Morgan fingerprint density at radius 3 is 2.57 bits per heavy atom. The number of para-hydroxylation sites is 1. The summed E-state index contributed by atoms with van der Waals surface area (Å²) in [5, 5.41) is 26.1. The highest BCUT2D eigenvalue weighted by Crippen LogP contribution is 2.22. The Kier molecular flexibility index (Phi) is 2.83. The molecule has 0 heterocycles. The Morgan fingerprint density at radius 1 is 1.36 bits per heavy atom. The number of hydrogen-bond donors (Lipinski definition) is 1. The number of aromatic hydroxyl groups is 1. The van der Waals surface area contributed by atoms with Gasteiger partial charge in [0.1, 0.15) is 17.7 Å². The van der Waals surface area contributed by atoms with Crippen LogP contribution in [0.2, 0.25) is 0 Å². The standard InChI is InChI=1S/C10H5FN2O/c11-9-3-1-2-8(10(9)14)4-7(5-12)6-13/h1-4,14H. The molecule has 14 heavy (non-hydrogen) atoms. The molecule has 0 fully saturated rings. The predicted molar refractivity (Wildman–Crippen MR) is 47.3 cm³/mol. The first-order chi connectivity index (χ1) is 6.69. The van der Waals surface area contributed by atoms with E-state index in [0.717, 1.165) is 12.1 Å². The molecule has 0 aliphatic rings. The van der Waals surface area contributed by atoms with Gasteiger partial charge in [-0.05, 0) is 12.1 Å². The molecule has 1 N–H and O–H groups in total. The van der Waals surface area contributed by atoms with Crippen molar-refractivity contribution < 1.29 is 9.50 Å². The lowest BCUT2D eigenvalue weighted by Gasteiger charge is -1.98. The summed E-state index contributed by atoms with van der Waals surface area (Å²) in [4.78, 5) is 0. The molecule has 0 unspecified atom stereocenters. The Labute approximate surface area is 79.9 Å². The van der Waals surface area contributed by atoms with Crippen LogP contribution in [0.5, 0.6) is 5.75 Å². The summed E-state index contributed by atoms with van der Waals surface area (Å²) in [6.07, 6.45) is 1.12. The fourth-order valence-electron chi connectivity index (χ4n) is 0.894. The summed E-state index contributed by atoms with van der Waals surface area (Å²) in [7, 11) is 0. The molecule has 3 nitrogen and oxygen atoms in total. The summed E-state index contributed by atoms with van der Waals surface area (Å²) < 4.78 is 12.8. The molecule has 0 amide bonds. The molecule has 1 rings (SSSR count). The smallest absolute Gasteiger partial charge is 0.165 e. The van der Waals surface area contributed by atoms with Gasteiger partial charge in [0.25, 0.3) is 0 Å². The molecular formula is C10H5FN2O. The first kappa shape index (κ1) is 9.76. The van der Waals surface area contributed by atoms with Crippen molar-refractivity contribution in [3.8, 4) is 17.9 Å². The fraction of sp³-hybridized carbons (Fsp3) is 0. The first-order valence-electron chi connectivity index (χ1n) is 3.68. The normalized spacial score (nSPS) is 8.50. The molecule has 0 aliphatic heterocycles. The zero-order valence-corrected chi connectivity index (χ0v) is 7.03. The van der Waals surface area contributed by atoms with Crippen molar-refractivity contribution >= 4 is 6.08 Å². The Balaban J connectivity index is 3.24. The molecule has 0 saturated heterocycles. The van der Waals surface area contributed by atoms with Gasteiger partial charge in [0, 0.05) is 5.56 Å². The van der Waals surface area contributed by atoms with Gasteiger partial charge in [0.15, 0.2) is 11.6 Å². The molecule has 1 aromatic carbocycles. The van der Waals surface area contributed by atoms with E-state index < -0.39 is 11.6 Å². The van der Waals surface area contributed by atoms with E-state index in [9.17, 15) is 9.50 Å². The minimum absolute atomic E-state index is 0.114. The van der Waals surface area contributed by atoms with E-state index in [4.69, 9.17) is 10.5 Å². The number of benzene rings is 1. The maximum absolute atomic E-state index is 12.8. The van der Waals surface area contributed by atoms with Gasteiger partial charge in [0.2, 0.25) is 0 Å².